The van der Waals surface area contributed by atoms with Crippen molar-refractivity contribution in [1.82, 2.24) is 4.57 Å². The van der Waals surface area contributed by atoms with E-state index in [0.29, 0.717) is 11.6 Å². The largest absolute Gasteiger partial charge is 0.411 e. The van der Waals surface area contributed by atoms with E-state index in [0.717, 1.165) is 29.0 Å². The average Bonchev–Trinajstić information content (AvgIpc) is 2.99. The van der Waals surface area contributed by atoms with Crippen molar-refractivity contribution in [2.24, 2.45) is 12.2 Å². The molecule has 1 aromatic heterocycles. The topological polar surface area (TPSA) is 61.3 Å². The maximum absolute atomic E-state index is 9.04. The Morgan fingerprint density at radius 1 is 1.35 bits per heavy atom. The Kier molecular flexibility index (Phi) is 2.83. The van der Waals surface area contributed by atoms with E-state index in [2.05, 4.69) is 24.2 Å². The molecule has 1 aromatic carbocycles. The van der Waals surface area contributed by atoms with Crippen LogP contribution in [0, 0.1) is 11.3 Å². The van der Waals surface area contributed by atoms with Crippen molar-refractivity contribution in [3.8, 4) is 17.3 Å². The van der Waals surface area contributed by atoms with E-state index in [1.54, 1.807) is 0 Å². The van der Waals surface area contributed by atoms with E-state index < -0.39 is 0 Å². The molecular formula is C16H15N3O. The molecule has 0 saturated heterocycles. The maximum Gasteiger partial charge on any atom is 0.120 e. The second-order valence-corrected chi connectivity index (χ2v) is 5.23. The van der Waals surface area contributed by atoms with Crippen molar-refractivity contribution in [1.29, 1.82) is 5.26 Å². The normalized spacial score (nSPS) is 19.1. The molecule has 1 aliphatic rings. The quantitative estimate of drug-likeness (QED) is 0.635. The highest BCUT2D eigenvalue weighted by Crippen LogP contribution is 2.36. The fourth-order valence-corrected chi connectivity index (χ4v) is 2.91. The summed E-state index contributed by atoms with van der Waals surface area (Å²) in [6, 6.07) is 12.1. The Balaban J connectivity index is 2.12. The third kappa shape index (κ3) is 1.71. The number of fused-ring (bicyclic) bond motifs is 1. The van der Waals surface area contributed by atoms with Gasteiger partial charge in [-0.05, 0) is 35.2 Å². The lowest BCUT2D eigenvalue weighted by molar-refractivity contribution is 0.318. The number of nitriles is 1. The van der Waals surface area contributed by atoms with Crippen LogP contribution in [0.1, 0.15) is 36.1 Å². The molecule has 1 aliphatic carbocycles. The van der Waals surface area contributed by atoms with Crippen LogP contribution in [0.2, 0.25) is 0 Å². The number of hydrogen-bond acceptors (Lipinski definition) is 3. The van der Waals surface area contributed by atoms with Gasteiger partial charge in [0.1, 0.15) is 11.8 Å². The molecule has 0 saturated carbocycles. The van der Waals surface area contributed by atoms with E-state index >= 15 is 0 Å². The lowest BCUT2D eigenvalue weighted by Crippen LogP contribution is -1.97. The zero-order chi connectivity index (χ0) is 14.3. The van der Waals surface area contributed by atoms with Crippen molar-refractivity contribution in [2.75, 3.05) is 0 Å². The van der Waals surface area contributed by atoms with Gasteiger partial charge < -0.3 is 9.77 Å². The summed E-state index contributed by atoms with van der Waals surface area (Å²) in [7, 11) is 1.89. The first-order chi connectivity index (χ1) is 9.65. The Morgan fingerprint density at radius 3 is 2.80 bits per heavy atom. The molecule has 0 radical (unpaired) electrons. The summed E-state index contributed by atoms with van der Waals surface area (Å²) < 4.78 is 1.89. The Hall–Kier alpha value is -2.54. The Bertz CT molecular complexity index is 750. The van der Waals surface area contributed by atoms with Gasteiger partial charge in [0.15, 0.2) is 0 Å². The third-order valence-electron chi connectivity index (χ3n) is 4.05. The summed E-state index contributed by atoms with van der Waals surface area (Å²) in [5.41, 5.74) is 5.73. The molecule has 1 N–H and O–H groups in total. The first-order valence-electron chi connectivity index (χ1n) is 6.57. The van der Waals surface area contributed by atoms with Crippen molar-refractivity contribution >= 4 is 5.71 Å². The predicted octanol–water partition coefficient (Wildman–Crippen LogP) is 3.25. The molecule has 0 fully saturated rings. The van der Waals surface area contributed by atoms with E-state index in [9.17, 15) is 0 Å². The van der Waals surface area contributed by atoms with Crippen LogP contribution in [-0.4, -0.2) is 15.5 Å². The molecule has 1 heterocycles. The number of rotatable bonds is 1. The molecule has 100 valence electrons. The number of nitrogens with zero attached hydrogens (tertiary/aromatic N) is 3. The van der Waals surface area contributed by atoms with Gasteiger partial charge in [0, 0.05) is 24.7 Å². The molecule has 1 unspecified atom stereocenters. The van der Waals surface area contributed by atoms with Crippen molar-refractivity contribution in [3.63, 3.8) is 0 Å². The molecule has 1 atom stereocenters. The van der Waals surface area contributed by atoms with Crippen LogP contribution < -0.4 is 0 Å². The van der Waals surface area contributed by atoms with Gasteiger partial charge in [-0.1, -0.05) is 24.2 Å². The third-order valence-corrected chi connectivity index (χ3v) is 4.05. The molecule has 20 heavy (non-hydrogen) atoms. The second-order valence-electron chi connectivity index (χ2n) is 5.23. The molecule has 3 rings (SSSR count). The number of hydrogen-bond donors (Lipinski definition) is 1. The van der Waals surface area contributed by atoms with Crippen LogP contribution in [0.25, 0.3) is 11.3 Å². The van der Waals surface area contributed by atoms with E-state index in [1.165, 1.54) is 5.56 Å². The van der Waals surface area contributed by atoms with E-state index in [1.807, 2.05) is 35.9 Å². The predicted molar refractivity (Wildman–Crippen MR) is 76.9 cm³/mol. The molecule has 0 bridgehead atoms. The zero-order valence-corrected chi connectivity index (χ0v) is 11.5. The summed E-state index contributed by atoms with van der Waals surface area (Å²) in [5.74, 6) is 0.353. The highest BCUT2D eigenvalue weighted by atomic mass is 16.4. The van der Waals surface area contributed by atoms with Crippen LogP contribution in [-0.2, 0) is 7.05 Å². The minimum absolute atomic E-state index is 0.353. The number of benzene rings is 1. The lowest BCUT2D eigenvalue weighted by atomic mass is 9.99. The van der Waals surface area contributed by atoms with Gasteiger partial charge in [0.2, 0.25) is 0 Å². The SMILES string of the molecule is CC1C/C(=N/O)c2ccc(-c3ccc(C#N)n3C)cc21. The van der Waals surface area contributed by atoms with Crippen LogP contribution >= 0.6 is 0 Å². The summed E-state index contributed by atoms with van der Waals surface area (Å²) in [4.78, 5) is 0. The van der Waals surface area contributed by atoms with Crippen molar-refractivity contribution in [3.05, 3.63) is 47.2 Å². The Morgan fingerprint density at radius 2 is 2.15 bits per heavy atom. The standard InChI is InChI=1S/C16H15N3O/c1-10-7-15(18-20)13-5-3-11(8-14(10)13)16-6-4-12(9-17)19(16)2/h3-6,8,10,20H,7H2,1-2H3/b18-15-. The molecule has 0 amide bonds. The van der Waals surface area contributed by atoms with Gasteiger partial charge in [0.25, 0.3) is 0 Å². The summed E-state index contributed by atoms with van der Waals surface area (Å²) in [6.45, 7) is 2.13. The minimum atomic E-state index is 0.353. The smallest absolute Gasteiger partial charge is 0.120 e. The second kappa shape index (κ2) is 4.53. The molecule has 4 nitrogen and oxygen atoms in total. The summed E-state index contributed by atoms with van der Waals surface area (Å²) >= 11 is 0. The van der Waals surface area contributed by atoms with Crippen molar-refractivity contribution < 1.29 is 5.21 Å². The first-order valence-corrected chi connectivity index (χ1v) is 6.57. The number of oxime groups is 1. The fraction of sp³-hybridized carbons (Fsp3) is 0.250. The van der Waals surface area contributed by atoms with Gasteiger partial charge in [-0.3, -0.25) is 0 Å². The van der Waals surface area contributed by atoms with Crippen LogP contribution in [0.3, 0.4) is 0 Å². The minimum Gasteiger partial charge on any atom is -0.411 e. The van der Waals surface area contributed by atoms with Crippen LogP contribution in [0.15, 0.2) is 35.5 Å². The highest BCUT2D eigenvalue weighted by molar-refractivity contribution is 6.05. The zero-order valence-electron chi connectivity index (χ0n) is 11.5. The average molecular weight is 265 g/mol. The van der Waals surface area contributed by atoms with E-state index in [-0.39, 0.29) is 0 Å². The monoisotopic (exact) mass is 265 g/mol. The molecule has 4 heteroatoms. The highest BCUT2D eigenvalue weighted by Gasteiger charge is 2.25. The molecular weight excluding hydrogens is 250 g/mol. The van der Waals surface area contributed by atoms with Gasteiger partial charge in [-0.2, -0.15) is 5.26 Å². The first kappa shape index (κ1) is 12.5. The van der Waals surface area contributed by atoms with Gasteiger partial charge in [0.05, 0.1) is 5.71 Å². The van der Waals surface area contributed by atoms with E-state index in [4.69, 9.17) is 10.5 Å². The van der Waals surface area contributed by atoms with Crippen LogP contribution in [0.4, 0.5) is 0 Å². The number of aromatic nitrogens is 1. The molecule has 0 spiro atoms. The molecule has 0 aliphatic heterocycles. The van der Waals surface area contributed by atoms with Crippen molar-refractivity contribution in [2.45, 2.75) is 19.3 Å². The maximum atomic E-state index is 9.04. The van der Waals surface area contributed by atoms with Gasteiger partial charge in [-0.25, -0.2) is 0 Å². The summed E-state index contributed by atoms with van der Waals surface area (Å²) in [6.07, 6.45) is 0.770. The molecule has 2 aromatic rings. The Labute approximate surface area is 117 Å². The lowest BCUT2D eigenvalue weighted by Gasteiger charge is -2.09. The fourth-order valence-electron chi connectivity index (χ4n) is 2.91. The summed E-state index contributed by atoms with van der Waals surface area (Å²) in [5, 5.41) is 21.5. The van der Waals surface area contributed by atoms with Gasteiger partial charge in [-0.15, -0.1) is 0 Å². The van der Waals surface area contributed by atoms with Crippen LogP contribution in [0.5, 0.6) is 0 Å². The van der Waals surface area contributed by atoms with Gasteiger partial charge >= 0.3 is 0 Å².